The molecule has 0 bridgehead atoms. The van der Waals surface area contributed by atoms with E-state index in [-0.39, 0.29) is 11.9 Å². The van der Waals surface area contributed by atoms with Crippen LogP contribution in [0.4, 0.5) is 0 Å². The number of carbonyl (C=O) groups excluding carboxylic acids is 1. The highest BCUT2D eigenvalue weighted by atomic mass is 35.5. The predicted molar refractivity (Wildman–Crippen MR) is 117 cm³/mol. The van der Waals surface area contributed by atoms with Gasteiger partial charge in [0.25, 0.3) is 0 Å². The van der Waals surface area contributed by atoms with Gasteiger partial charge in [-0.1, -0.05) is 29.8 Å². The van der Waals surface area contributed by atoms with E-state index in [0.717, 1.165) is 43.1 Å². The van der Waals surface area contributed by atoms with Gasteiger partial charge in [0.1, 0.15) is 0 Å². The van der Waals surface area contributed by atoms with Crippen LogP contribution in [0.5, 0.6) is 0 Å². The molecule has 2 aromatic rings. The van der Waals surface area contributed by atoms with Crippen molar-refractivity contribution in [2.75, 3.05) is 32.7 Å². The molecule has 6 heteroatoms. The lowest BCUT2D eigenvalue weighted by atomic mass is 10.1. The summed E-state index contributed by atoms with van der Waals surface area (Å²) in [7, 11) is 2.08. The van der Waals surface area contributed by atoms with Crippen molar-refractivity contribution >= 4 is 17.5 Å². The number of hydrogen-bond acceptors (Lipinski definition) is 3. The summed E-state index contributed by atoms with van der Waals surface area (Å²) in [6.45, 7) is 4.15. The van der Waals surface area contributed by atoms with Gasteiger partial charge >= 0.3 is 0 Å². The van der Waals surface area contributed by atoms with Gasteiger partial charge in [-0.25, -0.2) is 0 Å². The number of aromatic nitrogens is 1. The second-order valence-corrected chi connectivity index (χ2v) is 8.66. The summed E-state index contributed by atoms with van der Waals surface area (Å²) in [5, 5.41) is 3.98. The van der Waals surface area contributed by atoms with E-state index >= 15 is 0 Å². The van der Waals surface area contributed by atoms with Crippen LogP contribution in [0.2, 0.25) is 5.02 Å². The maximum atomic E-state index is 12.8. The molecule has 0 spiro atoms. The van der Waals surface area contributed by atoms with Gasteiger partial charge in [0.05, 0.1) is 18.6 Å². The minimum absolute atomic E-state index is 0.0994. The molecule has 29 heavy (non-hydrogen) atoms. The summed E-state index contributed by atoms with van der Waals surface area (Å²) in [5.41, 5.74) is 2.40. The van der Waals surface area contributed by atoms with Crippen LogP contribution in [0.25, 0.3) is 0 Å². The van der Waals surface area contributed by atoms with Gasteiger partial charge in [-0.05, 0) is 69.1 Å². The van der Waals surface area contributed by atoms with E-state index < -0.39 is 0 Å². The highest BCUT2D eigenvalue weighted by Crippen LogP contribution is 2.32. The Morgan fingerprint density at radius 2 is 1.93 bits per heavy atom. The van der Waals surface area contributed by atoms with E-state index in [9.17, 15) is 4.79 Å². The number of nitrogens with zero attached hydrogens (tertiary/aromatic N) is 3. The number of carbonyl (C=O) groups is 1. The summed E-state index contributed by atoms with van der Waals surface area (Å²) >= 11 is 6.49. The highest BCUT2D eigenvalue weighted by molar-refractivity contribution is 6.31. The van der Waals surface area contributed by atoms with E-state index in [1.54, 1.807) is 0 Å². The summed E-state index contributed by atoms with van der Waals surface area (Å²) < 4.78 is 2.17. The van der Waals surface area contributed by atoms with Gasteiger partial charge in [0.15, 0.2) is 0 Å². The molecule has 0 radical (unpaired) electrons. The smallest absolute Gasteiger partial charge is 0.234 e. The molecule has 1 aromatic carbocycles. The Morgan fingerprint density at radius 1 is 1.14 bits per heavy atom. The second-order valence-electron chi connectivity index (χ2n) is 8.26. The van der Waals surface area contributed by atoms with Crippen LogP contribution in [0.15, 0.2) is 42.6 Å². The maximum Gasteiger partial charge on any atom is 0.234 e. The zero-order chi connectivity index (χ0) is 20.2. The number of rotatable bonds is 7. The quantitative estimate of drug-likeness (QED) is 0.749. The summed E-state index contributed by atoms with van der Waals surface area (Å²) in [4.78, 5) is 17.6. The van der Waals surface area contributed by atoms with Gasteiger partial charge in [-0.3, -0.25) is 14.6 Å². The van der Waals surface area contributed by atoms with Crippen LogP contribution in [0.3, 0.4) is 0 Å². The van der Waals surface area contributed by atoms with Gasteiger partial charge in [-0.15, -0.1) is 0 Å². The fraction of sp³-hybridized carbons (Fsp3) is 0.522. The van der Waals surface area contributed by atoms with E-state index in [1.807, 2.05) is 18.2 Å². The molecule has 3 heterocycles. The lowest BCUT2D eigenvalue weighted by Crippen LogP contribution is -2.41. The van der Waals surface area contributed by atoms with E-state index in [1.165, 1.54) is 18.5 Å². The van der Waals surface area contributed by atoms with Crippen LogP contribution in [-0.2, 0) is 11.8 Å². The topological polar surface area (TPSA) is 40.5 Å². The number of benzene rings is 1. The van der Waals surface area contributed by atoms with E-state index in [0.29, 0.717) is 19.1 Å². The molecule has 1 aromatic heterocycles. The SMILES string of the molecule is Cn1cccc1C1CCCN1CC(=O)NCC(c1ccccc1Cl)N1CCCC1. The first kappa shape index (κ1) is 20.5. The summed E-state index contributed by atoms with van der Waals surface area (Å²) in [6.07, 6.45) is 6.75. The van der Waals surface area contributed by atoms with E-state index in [2.05, 4.69) is 51.1 Å². The molecular formula is C23H31ClN4O. The Kier molecular flexibility index (Phi) is 6.58. The fourth-order valence-corrected chi connectivity index (χ4v) is 5.12. The Morgan fingerprint density at radius 3 is 2.66 bits per heavy atom. The monoisotopic (exact) mass is 414 g/mol. The predicted octanol–water partition coefficient (Wildman–Crippen LogP) is 3.77. The van der Waals surface area contributed by atoms with Crippen molar-refractivity contribution in [2.24, 2.45) is 7.05 Å². The van der Waals surface area contributed by atoms with Gasteiger partial charge in [0.2, 0.25) is 5.91 Å². The van der Waals surface area contributed by atoms with Crippen molar-refractivity contribution in [3.05, 3.63) is 58.9 Å². The molecule has 1 N–H and O–H groups in total. The molecule has 4 rings (SSSR count). The standard InChI is InChI=1S/C23H31ClN4O/c1-26-12-6-10-20(26)21-11-7-15-28(21)17-23(29)25-16-22(27-13-4-5-14-27)18-8-2-3-9-19(18)24/h2-3,6,8-10,12,21-22H,4-5,7,11,13-17H2,1H3,(H,25,29). The number of hydrogen-bond donors (Lipinski definition) is 1. The maximum absolute atomic E-state index is 12.8. The minimum atomic E-state index is 0.0994. The highest BCUT2D eigenvalue weighted by Gasteiger charge is 2.30. The van der Waals surface area contributed by atoms with Crippen LogP contribution in [-0.4, -0.2) is 53.0 Å². The van der Waals surface area contributed by atoms with Crippen molar-refractivity contribution in [1.29, 1.82) is 0 Å². The normalized spacial score (nSPS) is 21.5. The Labute approximate surface area is 178 Å². The molecule has 0 saturated carbocycles. The molecule has 2 fully saturated rings. The molecule has 1 amide bonds. The molecule has 2 unspecified atom stereocenters. The second kappa shape index (κ2) is 9.33. The largest absolute Gasteiger partial charge is 0.353 e. The minimum Gasteiger partial charge on any atom is -0.353 e. The number of likely N-dealkylation sites (tertiary alicyclic amines) is 2. The van der Waals surface area contributed by atoms with Crippen molar-refractivity contribution in [2.45, 2.75) is 37.8 Å². The van der Waals surface area contributed by atoms with Crippen LogP contribution in [0.1, 0.15) is 49.0 Å². The number of halogens is 1. The number of amides is 1. The van der Waals surface area contributed by atoms with Crippen LogP contribution >= 0.6 is 11.6 Å². The molecule has 5 nitrogen and oxygen atoms in total. The molecule has 0 aliphatic carbocycles. The Hall–Kier alpha value is -1.82. The van der Waals surface area contributed by atoms with Gasteiger partial charge in [-0.2, -0.15) is 0 Å². The molecule has 2 atom stereocenters. The lowest BCUT2D eigenvalue weighted by Gasteiger charge is -2.30. The van der Waals surface area contributed by atoms with Crippen molar-refractivity contribution in [3.63, 3.8) is 0 Å². The van der Waals surface area contributed by atoms with Crippen molar-refractivity contribution in [3.8, 4) is 0 Å². The third-order valence-electron chi connectivity index (χ3n) is 6.37. The first-order valence-corrected chi connectivity index (χ1v) is 11.1. The molecular weight excluding hydrogens is 384 g/mol. The van der Waals surface area contributed by atoms with Crippen LogP contribution < -0.4 is 5.32 Å². The third kappa shape index (κ3) is 4.68. The molecule has 2 saturated heterocycles. The molecule has 2 aliphatic rings. The number of nitrogens with one attached hydrogen (secondary N) is 1. The lowest BCUT2D eigenvalue weighted by molar-refractivity contribution is -0.122. The first-order valence-electron chi connectivity index (χ1n) is 10.7. The summed E-state index contributed by atoms with van der Waals surface area (Å²) in [5.74, 6) is 0.0994. The first-order chi connectivity index (χ1) is 14.1. The summed E-state index contributed by atoms with van der Waals surface area (Å²) in [6, 6.07) is 12.7. The van der Waals surface area contributed by atoms with E-state index in [4.69, 9.17) is 11.6 Å². The average molecular weight is 415 g/mol. The zero-order valence-electron chi connectivity index (χ0n) is 17.2. The molecule has 2 aliphatic heterocycles. The third-order valence-corrected chi connectivity index (χ3v) is 6.72. The van der Waals surface area contributed by atoms with Crippen molar-refractivity contribution < 1.29 is 4.79 Å². The fourth-order valence-electron chi connectivity index (χ4n) is 4.86. The van der Waals surface area contributed by atoms with Crippen LogP contribution in [0, 0.1) is 0 Å². The zero-order valence-corrected chi connectivity index (χ0v) is 17.9. The average Bonchev–Trinajstić information content (AvgIpc) is 3.46. The Balaban J connectivity index is 1.39. The van der Waals surface area contributed by atoms with Gasteiger partial charge in [0, 0.05) is 30.5 Å². The molecule has 156 valence electrons. The Bertz CT molecular complexity index is 830. The van der Waals surface area contributed by atoms with Crippen molar-refractivity contribution in [1.82, 2.24) is 19.7 Å². The van der Waals surface area contributed by atoms with Gasteiger partial charge < -0.3 is 9.88 Å². The number of aryl methyl sites for hydroxylation is 1.